The van der Waals surface area contributed by atoms with Crippen LogP contribution in [0, 0.1) is 12.7 Å². The Hall–Kier alpha value is -1.70. The van der Waals surface area contributed by atoms with Crippen molar-refractivity contribution in [3.05, 3.63) is 46.4 Å². The predicted octanol–water partition coefficient (Wildman–Crippen LogP) is 2.97. The number of rotatable bonds is 6. The number of hydrogen-bond acceptors (Lipinski definition) is 3. The van der Waals surface area contributed by atoms with Gasteiger partial charge in [0, 0.05) is 36.0 Å². The Labute approximate surface area is 144 Å². The highest BCUT2D eigenvalue weighted by Crippen LogP contribution is 2.21. The summed E-state index contributed by atoms with van der Waals surface area (Å²) < 4.78 is 20.5. The van der Waals surface area contributed by atoms with E-state index in [4.69, 9.17) is 28.6 Å². The number of hydrogen-bond donors (Lipinski definition) is 2. The van der Waals surface area contributed by atoms with Crippen molar-refractivity contribution in [1.29, 1.82) is 0 Å². The zero-order valence-electron chi connectivity index (χ0n) is 12.9. The van der Waals surface area contributed by atoms with E-state index in [0.29, 0.717) is 34.7 Å². The van der Waals surface area contributed by atoms with E-state index in [0.717, 1.165) is 5.69 Å². The van der Waals surface area contributed by atoms with Gasteiger partial charge >= 0.3 is 0 Å². The minimum Gasteiger partial charge on any atom is -0.383 e. The summed E-state index contributed by atoms with van der Waals surface area (Å²) in [6.45, 7) is 3.30. The molecule has 1 aromatic heterocycles. The van der Waals surface area contributed by atoms with Gasteiger partial charge in [0.15, 0.2) is 10.9 Å². The van der Waals surface area contributed by atoms with Gasteiger partial charge in [-0.3, -0.25) is 4.68 Å². The summed E-state index contributed by atoms with van der Waals surface area (Å²) in [7, 11) is 1.62. The molecule has 124 valence electrons. The van der Waals surface area contributed by atoms with Crippen LogP contribution in [-0.2, 0) is 11.3 Å². The number of aryl methyl sites for hydroxylation is 1. The third kappa shape index (κ3) is 4.89. The van der Waals surface area contributed by atoms with Crippen LogP contribution in [0.2, 0.25) is 5.02 Å². The van der Waals surface area contributed by atoms with Crippen molar-refractivity contribution in [2.45, 2.75) is 13.5 Å². The van der Waals surface area contributed by atoms with Crippen molar-refractivity contribution in [2.75, 3.05) is 25.6 Å². The molecule has 2 N–H and O–H groups in total. The highest BCUT2D eigenvalue weighted by atomic mass is 35.5. The van der Waals surface area contributed by atoms with Crippen molar-refractivity contribution in [3.8, 4) is 0 Å². The van der Waals surface area contributed by atoms with Gasteiger partial charge in [-0.25, -0.2) is 4.39 Å². The Kier molecular flexibility index (Phi) is 6.32. The van der Waals surface area contributed by atoms with Crippen LogP contribution < -0.4 is 10.6 Å². The number of halogens is 2. The summed E-state index contributed by atoms with van der Waals surface area (Å²) in [5.41, 5.74) is 1.28. The Morgan fingerprint density at radius 2 is 2.26 bits per heavy atom. The van der Waals surface area contributed by atoms with E-state index in [9.17, 15) is 4.39 Å². The molecule has 0 radical (unpaired) electrons. The van der Waals surface area contributed by atoms with Crippen LogP contribution in [-0.4, -0.2) is 35.2 Å². The minimum atomic E-state index is -0.348. The lowest BCUT2D eigenvalue weighted by molar-refractivity contribution is 0.204. The quantitative estimate of drug-likeness (QED) is 0.615. The summed E-state index contributed by atoms with van der Waals surface area (Å²) in [6, 6.07) is 6.45. The average molecular weight is 357 g/mol. The van der Waals surface area contributed by atoms with Gasteiger partial charge in [-0.15, -0.1) is 0 Å². The average Bonchev–Trinajstić information content (AvgIpc) is 2.83. The van der Waals surface area contributed by atoms with Gasteiger partial charge in [-0.2, -0.15) is 5.10 Å². The predicted molar refractivity (Wildman–Crippen MR) is 93.6 cm³/mol. The van der Waals surface area contributed by atoms with Crippen molar-refractivity contribution >= 4 is 34.7 Å². The maximum atomic E-state index is 13.9. The Balaban J connectivity index is 2.05. The normalized spacial score (nSPS) is 10.6. The molecule has 0 unspecified atom stereocenters. The highest BCUT2D eigenvalue weighted by Gasteiger charge is 2.11. The van der Waals surface area contributed by atoms with Gasteiger partial charge in [-0.1, -0.05) is 17.7 Å². The molecule has 0 bridgehead atoms. The van der Waals surface area contributed by atoms with Gasteiger partial charge < -0.3 is 15.4 Å². The molecule has 1 heterocycles. The molecule has 8 heteroatoms. The van der Waals surface area contributed by atoms with Gasteiger partial charge in [0.2, 0.25) is 0 Å². The van der Waals surface area contributed by atoms with Crippen molar-refractivity contribution in [1.82, 2.24) is 15.1 Å². The van der Waals surface area contributed by atoms with E-state index < -0.39 is 0 Å². The molecule has 0 spiro atoms. The molecule has 0 saturated carbocycles. The Morgan fingerprint density at radius 3 is 2.96 bits per heavy atom. The fraction of sp³-hybridized carbons (Fsp3) is 0.333. The fourth-order valence-electron chi connectivity index (χ4n) is 1.99. The van der Waals surface area contributed by atoms with E-state index in [2.05, 4.69) is 15.7 Å². The van der Waals surface area contributed by atoms with Crippen LogP contribution in [0.4, 0.5) is 10.2 Å². The Morgan fingerprint density at radius 1 is 1.48 bits per heavy atom. The number of methoxy groups -OCH3 is 1. The largest absolute Gasteiger partial charge is 0.383 e. The Bertz CT molecular complexity index is 672. The summed E-state index contributed by atoms with van der Waals surface area (Å²) in [5, 5.41) is 11.2. The lowest BCUT2D eigenvalue weighted by Crippen LogP contribution is -2.31. The van der Waals surface area contributed by atoms with Crippen molar-refractivity contribution in [2.24, 2.45) is 0 Å². The molecule has 2 aromatic rings. The van der Waals surface area contributed by atoms with E-state index in [1.54, 1.807) is 23.9 Å². The van der Waals surface area contributed by atoms with Crippen LogP contribution in [0.15, 0.2) is 24.3 Å². The van der Waals surface area contributed by atoms with Crippen molar-refractivity contribution < 1.29 is 9.13 Å². The molecule has 0 amide bonds. The molecule has 0 saturated heterocycles. The van der Waals surface area contributed by atoms with E-state index >= 15 is 0 Å². The first-order valence-electron chi connectivity index (χ1n) is 7.02. The summed E-state index contributed by atoms with van der Waals surface area (Å²) >= 11 is 11.2. The fourth-order valence-corrected chi connectivity index (χ4v) is 2.42. The third-order valence-corrected chi connectivity index (χ3v) is 3.78. The molecule has 0 aliphatic heterocycles. The van der Waals surface area contributed by atoms with Gasteiger partial charge in [-0.05, 0) is 31.3 Å². The van der Waals surface area contributed by atoms with Crippen LogP contribution in [0.3, 0.4) is 0 Å². The number of nitrogens with one attached hydrogen (secondary N) is 2. The SMILES string of the molecule is COCCNC(=S)Nc1cc(C)n(Cc2c(F)cccc2Cl)n1. The topological polar surface area (TPSA) is 51.1 Å². The lowest BCUT2D eigenvalue weighted by atomic mass is 10.2. The van der Waals surface area contributed by atoms with Crippen molar-refractivity contribution in [3.63, 3.8) is 0 Å². The number of aromatic nitrogens is 2. The molecule has 0 atom stereocenters. The monoisotopic (exact) mass is 356 g/mol. The van der Waals surface area contributed by atoms with E-state index in [1.807, 2.05) is 13.0 Å². The van der Waals surface area contributed by atoms with Gasteiger partial charge in [0.05, 0.1) is 13.2 Å². The minimum absolute atomic E-state index is 0.253. The smallest absolute Gasteiger partial charge is 0.172 e. The molecule has 5 nitrogen and oxygen atoms in total. The van der Waals surface area contributed by atoms with E-state index in [-0.39, 0.29) is 12.4 Å². The lowest BCUT2D eigenvalue weighted by Gasteiger charge is -2.09. The second-order valence-corrected chi connectivity index (χ2v) is 5.72. The maximum Gasteiger partial charge on any atom is 0.172 e. The first-order chi connectivity index (χ1) is 11.0. The number of benzene rings is 1. The zero-order chi connectivity index (χ0) is 16.8. The molecular formula is C15H18ClFN4OS. The summed E-state index contributed by atoms with van der Waals surface area (Å²) in [4.78, 5) is 0. The standard InChI is InChI=1S/C15H18ClFN4OS/c1-10-8-14(19-15(23)18-6-7-22-2)20-21(10)9-11-12(16)4-3-5-13(11)17/h3-5,8H,6-7,9H2,1-2H3,(H2,18,19,20,23). The molecule has 0 aliphatic rings. The molecule has 23 heavy (non-hydrogen) atoms. The second kappa shape index (κ2) is 8.24. The van der Waals surface area contributed by atoms with Gasteiger partial charge in [0.1, 0.15) is 5.82 Å². The molecule has 0 aliphatic carbocycles. The summed E-state index contributed by atoms with van der Waals surface area (Å²) in [5.74, 6) is 0.239. The zero-order valence-corrected chi connectivity index (χ0v) is 14.5. The number of thiocarbonyl (C=S) groups is 1. The molecule has 2 rings (SSSR count). The maximum absolute atomic E-state index is 13.9. The van der Waals surface area contributed by atoms with Gasteiger partial charge in [0.25, 0.3) is 0 Å². The second-order valence-electron chi connectivity index (χ2n) is 4.90. The van der Waals surface area contributed by atoms with E-state index in [1.165, 1.54) is 6.07 Å². The first-order valence-corrected chi connectivity index (χ1v) is 7.81. The number of nitrogens with zero attached hydrogens (tertiary/aromatic N) is 2. The number of ether oxygens (including phenoxy) is 1. The number of anilines is 1. The van der Waals surface area contributed by atoms with Crippen LogP contribution in [0.1, 0.15) is 11.3 Å². The third-order valence-electron chi connectivity index (χ3n) is 3.18. The van der Waals surface area contributed by atoms with Crippen LogP contribution in [0.5, 0.6) is 0 Å². The first kappa shape index (κ1) is 17.7. The van der Waals surface area contributed by atoms with Crippen LogP contribution in [0.25, 0.3) is 0 Å². The highest BCUT2D eigenvalue weighted by molar-refractivity contribution is 7.80. The van der Waals surface area contributed by atoms with Crippen LogP contribution >= 0.6 is 23.8 Å². The molecule has 1 aromatic carbocycles. The molecule has 0 fully saturated rings. The molecular weight excluding hydrogens is 339 g/mol. The summed E-state index contributed by atoms with van der Waals surface area (Å²) in [6.07, 6.45) is 0.